The molecule has 140 valence electrons. The van der Waals surface area contributed by atoms with E-state index >= 15 is 0 Å². The van der Waals surface area contributed by atoms with Crippen LogP contribution in [0.25, 0.3) is 0 Å². The van der Waals surface area contributed by atoms with Gasteiger partial charge >= 0.3 is 0 Å². The van der Waals surface area contributed by atoms with Gasteiger partial charge in [-0.2, -0.15) is 0 Å². The molecule has 0 unspecified atom stereocenters. The molecule has 1 saturated heterocycles. The zero-order chi connectivity index (χ0) is 19.0. The molecule has 27 heavy (non-hydrogen) atoms. The predicted molar refractivity (Wildman–Crippen MR) is 102 cm³/mol. The Bertz CT molecular complexity index is 865. The maximum atomic E-state index is 13.3. The van der Waals surface area contributed by atoms with Crippen LogP contribution >= 0.6 is 0 Å². The molecule has 2 amide bonds. The van der Waals surface area contributed by atoms with Crippen molar-refractivity contribution in [2.24, 2.45) is 5.92 Å². The van der Waals surface area contributed by atoms with E-state index in [2.05, 4.69) is 13.0 Å². The van der Waals surface area contributed by atoms with Crippen molar-refractivity contribution in [1.82, 2.24) is 4.90 Å². The summed E-state index contributed by atoms with van der Waals surface area (Å²) in [5, 5.41) is 0. The van der Waals surface area contributed by atoms with Gasteiger partial charge in [-0.15, -0.1) is 0 Å². The van der Waals surface area contributed by atoms with Gasteiger partial charge in [-0.25, -0.2) is 4.39 Å². The Hall–Kier alpha value is -2.69. The highest BCUT2D eigenvalue weighted by Crippen LogP contribution is 2.34. The fourth-order valence-electron chi connectivity index (χ4n) is 4.24. The third-order valence-corrected chi connectivity index (χ3v) is 5.59. The molecule has 2 aromatic rings. The van der Waals surface area contributed by atoms with Gasteiger partial charge in [0.25, 0.3) is 5.91 Å². The van der Waals surface area contributed by atoms with Crippen molar-refractivity contribution in [3.63, 3.8) is 0 Å². The van der Waals surface area contributed by atoms with Gasteiger partial charge in [0, 0.05) is 30.4 Å². The van der Waals surface area contributed by atoms with E-state index in [0.717, 1.165) is 24.9 Å². The van der Waals surface area contributed by atoms with Gasteiger partial charge in [0.05, 0.1) is 5.92 Å². The fourth-order valence-corrected chi connectivity index (χ4v) is 4.24. The van der Waals surface area contributed by atoms with Gasteiger partial charge in [-0.1, -0.05) is 18.2 Å². The molecule has 4 rings (SSSR count). The van der Waals surface area contributed by atoms with Crippen molar-refractivity contribution in [2.75, 3.05) is 18.0 Å². The van der Waals surface area contributed by atoms with E-state index < -0.39 is 0 Å². The zero-order valence-electron chi connectivity index (χ0n) is 15.4. The number of carbonyl (C=O) groups is 2. The van der Waals surface area contributed by atoms with Crippen LogP contribution < -0.4 is 4.90 Å². The van der Waals surface area contributed by atoms with E-state index in [1.807, 2.05) is 23.1 Å². The number of likely N-dealkylation sites (tertiary alicyclic amines) is 1. The molecule has 2 aromatic carbocycles. The van der Waals surface area contributed by atoms with E-state index in [4.69, 9.17) is 0 Å². The number of carbonyl (C=O) groups excluding carboxylic acids is 2. The van der Waals surface area contributed by atoms with Gasteiger partial charge in [-0.05, 0) is 62.1 Å². The second kappa shape index (κ2) is 7.14. The number of amides is 2. The number of hydrogen-bond donors (Lipinski definition) is 0. The Morgan fingerprint density at radius 2 is 1.81 bits per heavy atom. The summed E-state index contributed by atoms with van der Waals surface area (Å²) in [4.78, 5) is 29.6. The average molecular weight is 366 g/mol. The highest BCUT2D eigenvalue weighted by atomic mass is 19.1. The molecule has 1 fully saturated rings. The molecule has 2 heterocycles. The Labute approximate surface area is 158 Å². The van der Waals surface area contributed by atoms with Crippen LogP contribution in [0.5, 0.6) is 0 Å². The number of anilines is 1. The molecule has 0 radical (unpaired) electrons. The minimum absolute atomic E-state index is 0.101. The lowest BCUT2D eigenvalue weighted by molar-refractivity contribution is -0.124. The maximum Gasteiger partial charge on any atom is 0.253 e. The van der Waals surface area contributed by atoms with Gasteiger partial charge in [0.15, 0.2) is 0 Å². The second-order valence-electron chi connectivity index (χ2n) is 7.49. The van der Waals surface area contributed by atoms with Crippen molar-refractivity contribution in [3.05, 3.63) is 65.5 Å². The standard InChI is InChI=1S/C22H23FN2O2/c1-15-13-17-5-2-3-7-20(17)25(15)22(27)18-6-4-12-24(14-18)21(26)16-8-10-19(23)11-9-16/h2-3,5,7-11,15,18H,4,6,12-14H2,1H3/t15-,18-/m1/s1. The van der Waals surface area contributed by atoms with Crippen LogP contribution in [0, 0.1) is 11.7 Å². The number of para-hydroxylation sites is 1. The summed E-state index contributed by atoms with van der Waals surface area (Å²) in [7, 11) is 0. The minimum Gasteiger partial charge on any atom is -0.338 e. The SMILES string of the molecule is C[C@@H]1Cc2ccccc2N1C(=O)[C@@H]1CCCN(C(=O)c2ccc(F)cc2)C1. The summed E-state index contributed by atoms with van der Waals surface area (Å²) in [6, 6.07) is 13.8. The number of piperidine rings is 1. The topological polar surface area (TPSA) is 40.6 Å². The molecule has 0 spiro atoms. The Morgan fingerprint density at radius 1 is 1.07 bits per heavy atom. The first-order chi connectivity index (χ1) is 13.0. The normalized spacial score (nSPS) is 21.9. The van der Waals surface area contributed by atoms with Crippen molar-refractivity contribution in [2.45, 2.75) is 32.2 Å². The monoisotopic (exact) mass is 366 g/mol. The largest absolute Gasteiger partial charge is 0.338 e. The van der Waals surface area contributed by atoms with E-state index in [0.29, 0.717) is 18.7 Å². The third kappa shape index (κ3) is 3.34. The molecule has 2 aliphatic heterocycles. The molecule has 2 atom stereocenters. The molecular weight excluding hydrogens is 343 g/mol. The molecule has 0 N–H and O–H groups in total. The van der Waals surface area contributed by atoms with Crippen LogP contribution in [0.2, 0.25) is 0 Å². The Morgan fingerprint density at radius 3 is 2.59 bits per heavy atom. The average Bonchev–Trinajstić information content (AvgIpc) is 3.03. The van der Waals surface area contributed by atoms with Gasteiger partial charge in [0.2, 0.25) is 5.91 Å². The maximum absolute atomic E-state index is 13.3. The first kappa shape index (κ1) is 17.7. The van der Waals surface area contributed by atoms with Crippen LogP contribution in [0.1, 0.15) is 35.7 Å². The smallest absolute Gasteiger partial charge is 0.253 e. The van der Waals surface area contributed by atoms with Crippen LogP contribution in [0.4, 0.5) is 10.1 Å². The lowest BCUT2D eigenvalue weighted by Crippen LogP contribution is -2.48. The molecule has 0 aliphatic carbocycles. The fraction of sp³-hybridized carbons (Fsp3) is 0.364. The highest BCUT2D eigenvalue weighted by molar-refractivity contribution is 5.99. The molecule has 2 aliphatic rings. The van der Waals surface area contributed by atoms with Crippen LogP contribution in [0.15, 0.2) is 48.5 Å². The summed E-state index contributed by atoms with van der Waals surface area (Å²) >= 11 is 0. The summed E-state index contributed by atoms with van der Waals surface area (Å²) in [6.45, 7) is 3.12. The van der Waals surface area contributed by atoms with Crippen LogP contribution in [-0.4, -0.2) is 35.8 Å². The van der Waals surface area contributed by atoms with Crippen LogP contribution in [0.3, 0.4) is 0 Å². The minimum atomic E-state index is -0.361. The first-order valence-corrected chi connectivity index (χ1v) is 9.50. The number of fused-ring (bicyclic) bond motifs is 1. The Kier molecular flexibility index (Phi) is 4.68. The van der Waals surface area contributed by atoms with Crippen molar-refractivity contribution in [3.8, 4) is 0 Å². The van der Waals surface area contributed by atoms with Crippen molar-refractivity contribution >= 4 is 17.5 Å². The lowest BCUT2D eigenvalue weighted by Gasteiger charge is -2.35. The van der Waals surface area contributed by atoms with E-state index in [1.54, 1.807) is 4.90 Å². The van der Waals surface area contributed by atoms with Gasteiger partial charge in [-0.3, -0.25) is 9.59 Å². The summed E-state index contributed by atoms with van der Waals surface area (Å²) in [6.07, 6.45) is 2.46. The van der Waals surface area contributed by atoms with E-state index in [-0.39, 0.29) is 29.6 Å². The van der Waals surface area contributed by atoms with E-state index in [9.17, 15) is 14.0 Å². The molecule has 0 bridgehead atoms. The highest BCUT2D eigenvalue weighted by Gasteiger charge is 2.37. The number of nitrogens with zero attached hydrogens (tertiary/aromatic N) is 2. The number of hydrogen-bond acceptors (Lipinski definition) is 2. The first-order valence-electron chi connectivity index (χ1n) is 9.50. The summed E-state index contributed by atoms with van der Waals surface area (Å²) < 4.78 is 13.1. The van der Waals surface area contributed by atoms with Gasteiger partial charge < -0.3 is 9.80 Å². The third-order valence-electron chi connectivity index (χ3n) is 5.59. The molecule has 5 heteroatoms. The summed E-state index contributed by atoms with van der Waals surface area (Å²) in [5.41, 5.74) is 2.66. The van der Waals surface area contributed by atoms with Crippen LogP contribution in [-0.2, 0) is 11.2 Å². The molecule has 0 aromatic heterocycles. The number of benzene rings is 2. The Balaban J connectivity index is 1.50. The predicted octanol–water partition coefficient (Wildman–Crippen LogP) is 3.66. The summed E-state index contributed by atoms with van der Waals surface area (Å²) in [5.74, 6) is -0.594. The molecule has 4 nitrogen and oxygen atoms in total. The molecule has 0 saturated carbocycles. The number of halogens is 1. The second-order valence-corrected chi connectivity index (χ2v) is 7.49. The van der Waals surface area contributed by atoms with E-state index in [1.165, 1.54) is 29.8 Å². The van der Waals surface area contributed by atoms with Gasteiger partial charge in [0.1, 0.15) is 5.82 Å². The quantitative estimate of drug-likeness (QED) is 0.814. The molecular formula is C22H23FN2O2. The van der Waals surface area contributed by atoms with Crippen molar-refractivity contribution in [1.29, 1.82) is 0 Å². The zero-order valence-corrected chi connectivity index (χ0v) is 15.4. The lowest BCUT2D eigenvalue weighted by atomic mass is 9.95. The number of rotatable bonds is 2. The van der Waals surface area contributed by atoms with Crippen molar-refractivity contribution < 1.29 is 14.0 Å².